The average molecular weight is 398 g/mol. The molecule has 0 saturated heterocycles. The Morgan fingerprint density at radius 3 is 1.90 bits per heavy atom. The van der Waals surface area contributed by atoms with Gasteiger partial charge in [0.25, 0.3) is 0 Å². The lowest BCUT2D eigenvalue weighted by molar-refractivity contribution is -0.137. The molecule has 0 bridgehead atoms. The highest BCUT2D eigenvalue weighted by Gasteiger charge is 2.19. The number of rotatable bonds is 12. The van der Waals surface area contributed by atoms with Gasteiger partial charge in [0.15, 0.2) is 11.5 Å². The largest absolute Gasteiger partial charge is 0.453 e. The van der Waals surface area contributed by atoms with E-state index in [0.717, 1.165) is 38.5 Å². The summed E-state index contributed by atoms with van der Waals surface area (Å²) in [5.41, 5.74) is 0. The highest BCUT2D eigenvalue weighted by Crippen LogP contribution is 2.40. The molecule has 2 rings (SSSR count). The van der Waals surface area contributed by atoms with Crippen molar-refractivity contribution in [1.29, 1.82) is 0 Å². The molecule has 2 aromatic rings. The molecule has 0 amide bonds. The van der Waals surface area contributed by atoms with Gasteiger partial charge in [0.2, 0.25) is 5.75 Å². The summed E-state index contributed by atoms with van der Waals surface area (Å²) < 4.78 is 17.0. The summed E-state index contributed by atoms with van der Waals surface area (Å²) in [7, 11) is 0. The number of carbonyl (C=O) groups excluding carboxylic acids is 2. The first kappa shape index (κ1) is 22.5. The summed E-state index contributed by atoms with van der Waals surface area (Å²) in [6, 6.07) is 14.2. The van der Waals surface area contributed by atoms with E-state index in [1.54, 1.807) is 30.3 Å². The van der Waals surface area contributed by atoms with Gasteiger partial charge >= 0.3 is 11.9 Å². The maximum Gasteiger partial charge on any atom is 0.311 e. The zero-order valence-corrected chi connectivity index (χ0v) is 17.3. The Kier molecular flexibility index (Phi) is 9.76. The summed E-state index contributed by atoms with van der Waals surface area (Å²) in [6.07, 6.45) is 6.10. The molecule has 0 aromatic heterocycles. The van der Waals surface area contributed by atoms with Gasteiger partial charge in [-0.3, -0.25) is 9.59 Å². The minimum absolute atomic E-state index is 0.140. The molecule has 0 aliphatic heterocycles. The molecule has 0 atom stereocenters. The molecule has 0 heterocycles. The zero-order chi connectivity index (χ0) is 20.9. The van der Waals surface area contributed by atoms with E-state index in [1.165, 1.54) is 0 Å². The fraction of sp³-hybridized carbons (Fsp3) is 0.417. The molecule has 29 heavy (non-hydrogen) atoms. The summed E-state index contributed by atoms with van der Waals surface area (Å²) in [6.45, 7) is 4.15. The van der Waals surface area contributed by atoms with Crippen molar-refractivity contribution in [3.8, 4) is 23.0 Å². The fourth-order valence-electron chi connectivity index (χ4n) is 2.75. The van der Waals surface area contributed by atoms with Gasteiger partial charge < -0.3 is 14.2 Å². The molecule has 0 aliphatic carbocycles. The molecular weight excluding hydrogens is 368 g/mol. The second-order valence-electron chi connectivity index (χ2n) is 6.86. The van der Waals surface area contributed by atoms with Crippen LogP contribution in [0.4, 0.5) is 0 Å². The van der Waals surface area contributed by atoms with Crippen molar-refractivity contribution in [3.05, 3.63) is 48.5 Å². The van der Waals surface area contributed by atoms with Crippen LogP contribution in [0.25, 0.3) is 0 Å². The Labute approximate surface area is 173 Å². The third-order valence-corrected chi connectivity index (χ3v) is 4.32. The van der Waals surface area contributed by atoms with Crippen LogP contribution in [0.2, 0.25) is 0 Å². The molecule has 0 aliphatic rings. The highest BCUT2D eigenvalue weighted by molar-refractivity contribution is 5.77. The highest BCUT2D eigenvalue weighted by atomic mass is 16.6. The number of hydrogen-bond acceptors (Lipinski definition) is 5. The topological polar surface area (TPSA) is 61.8 Å². The summed E-state index contributed by atoms with van der Waals surface area (Å²) in [5, 5.41) is 0. The predicted molar refractivity (Wildman–Crippen MR) is 113 cm³/mol. The van der Waals surface area contributed by atoms with E-state index in [0.29, 0.717) is 24.3 Å². The molecule has 0 spiro atoms. The molecule has 5 nitrogen and oxygen atoms in total. The summed E-state index contributed by atoms with van der Waals surface area (Å²) >= 11 is 0. The number of hydrogen-bond donors (Lipinski definition) is 0. The average Bonchev–Trinajstić information content (AvgIpc) is 2.71. The van der Waals surface area contributed by atoms with E-state index in [-0.39, 0.29) is 23.4 Å². The van der Waals surface area contributed by atoms with E-state index in [2.05, 4.69) is 13.8 Å². The molecule has 0 unspecified atom stereocenters. The lowest BCUT2D eigenvalue weighted by Gasteiger charge is -2.15. The van der Waals surface area contributed by atoms with E-state index in [4.69, 9.17) is 14.2 Å². The number of para-hydroxylation sites is 2. The van der Waals surface area contributed by atoms with Crippen molar-refractivity contribution < 1.29 is 23.8 Å². The Morgan fingerprint density at radius 1 is 0.690 bits per heavy atom. The monoisotopic (exact) mass is 398 g/mol. The van der Waals surface area contributed by atoms with Crippen LogP contribution < -0.4 is 14.2 Å². The van der Waals surface area contributed by atoms with Crippen LogP contribution in [-0.4, -0.2) is 11.9 Å². The van der Waals surface area contributed by atoms with E-state index < -0.39 is 0 Å². The minimum atomic E-state index is -0.370. The van der Waals surface area contributed by atoms with Crippen LogP contribution in [0.5, 0.6) is 23.0 Å². The number of benzene rings is 2. The molecular formula is C24H30O5. The molecule has 0 N–H and O–H groups in total. The van der Waals surface area contributed by atoms with Crippen molar-refractivity contribution in [2.75, 3.05) is 0 Å². The minimum Gasteiger partial charge on any atom is -0.453 e. The quantitative estimate of drug-likeness (QED) is 0.233. The second kappa shape index (κ2) is 12.6. The number of ether oxygens (including phenoxy) is 3. The molecule has 156 valence electrons. The number of esters is 2. The third-order valence-electron chi connectivity index (χ3n) is 4.32. The van der Waals surface area contributed by atoms with Gasteiger partial charge in [0.1, 0.15) is 5.75 Å². The Balaban J connectivity index is 2.20. The van der Waals surface area contributed by atoms with Crippen LogP contribution in [0.3, 0.4) is 0 Å². The zero-order valence-electron chi connectivity index (χ0n) is 17.3. The van der Waals surface area contributed by atoms with Crippen LogP contribution in [0.15, 0.2) is 48.5 Å². The lowest BCUT2D eigenvalue weighted by atomic mass is 10.2. The molecule has 0 radical (unpaired) electrons. The number of carbonyl (C=O) groups is 2. The van der Waals surface area contributed by atoms with Gasteiger partial charge in [-0.05, 0) is 37.1 Å². The van der Waals surface area contributed by atoms with Gasteiger partial charge in [-0.15, -0.1) is 0 Å². The SMILES string of the molecule is CCCCCC(=O)Oc1cccc(Oc2ccccc2)c1OC(=O)CCCCC. The smallest absolute Gasteiger partial charge is 0.311 e. The normalized spacial score (nSPS) is 10.4. The van der Waals surface area contributed by atoms with Gasteiger partial charge in [-0.2, -0.15) is 0 Å². The maximum atomic E-state index is 12.3. The van der Waals surface area contributed by atoms with Crippen molar-refractivity contribution in [3.63, 3.8) is 0 Å². The Hall–Kier alpha value is -2.82. The van der Waals surface area contributed by atoms with Crippen LogP contribution in [-0.2, 0) is 9.59 Å². The summed E-state index contributed by atoms with van der Waals surface area (Å²) in [5.74, 6) is 0.552. The van der Waals surface area contributed by atoms with Crippen molar-refractivity contribution >= 4 is 11.9 Å². The van der Waals surface area contributed by atoms with Gasteiger partial charge in [0.05, 0.1) is 0 Å². The van der Waals surface area contributed by atoms with Crippen LogP contribution in [0, 0.1) is 0 Å². The predicted octanol–water partition coefficient (Wildman–Crippen LogP) is 6.45. The molecule has 2 aromatic carbocycles. The van der Waals surface area contributed by atoms with Crippen LogP contribution in [0.1, 0.15) is 65.2 Å². The lowest BCUT2D eigenvalue weighted by Crippen LogP contribution is -2.12. The van der Waals surface area contributed by atoms with Crippen LogP contribution >= 0.6 is 0 Å². The van der Waals surface area contributed by atoms with E-state index in [9.17, 15) is 9.59 Å². The maximum absolute atomic E-state index is 12.3. The van der Waals surface area contributed by atoms with Gasteiger partial charge in [0, 0.05) is 12.8 Å². The summed E-state index contributed by atoms with van der Waals surface area (Å²) in [4.78, 5) is 24.5. The Bertz CT molecular complexity index is 770. The van der Waals surface area contributed by atoms with Gasteiger partial charge in [-0.25, -0.2) is 0 Å². The fourth-order valence-corrected chi connectivity index (χ4v) is 2.75. The molecule has 0 saturated carbocycles. The van der Waals surface area contributed by atoms with E-state index >= 15 is 0 Å². The standard InChI is InChI=1S/C24H30O5/c1-3-5-8-17-22(25)28-21-16-12-15-20(27-19-13-10-7-11-14-19)24(21)29-23(26)18-9-6-4-2/h7,10-16H,3-6,8-9,17-18H2,1-2H3. The van der Waals surface area contributed by atoms with Crippen molar-refractivity contribution in [2.24, 2.45) is 0 Å². The third kappa shape index (κ3) is 7.98. The molecule has 5 heteroatoms. The van der Waals surface area contributed by atoms with E-state index in [1.807, 2.05) is 18.2 Å². The van der Waals surface area contributed by atoms with Crippen molar-refractivity contribution in [2.45, 2.75) is 65.2 Å². The first-order valence-electron chi connectivity index (χ1n) is 10.4. The Morgan fingerprint density at radius 2 is 1.28 bits per heavy atom. The first-order valence-corrected chi connectivity index (χ1v) is 10.4. The first-order chi connectivity index (χ1) is 14.1. The second-order valence-corrected chi connectivity index (χ2v) is 6.86. The van der Waals surface area contributed by atoms with Gasteiger partial charge in [-0.1, -0.05) is 63.8 Å². The molecule has 0 fully saturated rings. The van der Waals surface area contributed by atoms with Crippen molar-refractivity contribution in [1.82, 2.24) is 0 Å². The number of unbranched alkanes of at least 4 members (excludes halogenated alkanes) is 4.